The number of aryl methyl sites for hydroxylation is 2. The molecule has 4 rings (SSSR count). The molecule has 1 aliphatic heterocycles. The molecule has 0 bridgehead atoms. The number of rotatable bonds is 3. The van der Waals surface area contributed by atoms with Crippen molar-refractivity contribution in [1.29, 1.82) is 0 Å². The van der Waals surface area contributed by atoms with Crippen molar-refractivity contribution < 1.29 is 4.79 Å². The lowest BCUT2D eigenvalue weighted by molar-refractivity contribution is -0.135. The second-order valence-corrected chi connectivity index (χ2v) is 6.85. The number of halogens is 1. The van der Waals surface area contributed by atoms with Crippen LogP contribution in [0.5, 0.6) is 0 Å². The van der Waals surface area contributed by atoms with Crippen LogP contribution in [0.4, 0.5) is 0 Å². The Hall–Kier alpha value is -2.98. The summed E-state index contributed by atoms with van der Waals surface area (Å²) < 4.78 is 3.83. The molecule has 29 heavy (non-hydrogen) atoms. The Labute approximate surface area is 172 Å². The highest BCUT2D eigenvalue weighted by Crippen LogP contribution is 2.21. The number of imidazole rings is 1. The maximum atomic E-state index is 13.1. The van der Waals surface area contributed by atoms with Crippen molar-refractivity contribution >= 4 is 29.5 Å². The molecule has 3 aromatic heterocycles. The van der Waals surface area contributed by atoms with E-state index in [0.717, 1.165) is 10.1 Å². The fraction of sp³-hybridized carbons (Fsp3) is 0.389. The van der Waals surface area contributed by atoms with E-state index in [1.54, 1.807) is 36.0 Å². The first-order valence-corrected chi connectivity index (χ1v) is 9.00. The quantitative estimate of drug-likeness (QED) is 0.609. The number of hydrogen-bond acceptors (Lipinski definition) is 6. The predicted octanol–water partition coefficient (Wildman–Crippen LogP) is -0.576. The highest BCUT2D eigenvalue weighted by atomic mass is 35.5. The van der Waals surface area contributed by atoms with Gasteiger partial charge in [-0.25, -0.2) is 14.3 Å². The van der Waals surface area contributed by atoms with Crippen molar-refractivity contribution in [1.82, 2.24) is 33.9 Å². The van der Waals surface area contributed by atoms with E-state index in [9.17, 15) is 14.4 Å². The zero-order valence-electron chi connectivity index (χ0n) is 16.1. The number of fused-ring (bicyclic) bond motifs is 1. The van der Waals surface area contributed by atoms with Crippen molar-refractivity contribution in [2.24, 2.45) is 14.1 Å². The van der Waals surface area contributed by atoms with Gasteiger partial charge in [-0.15, -0.1) is 12.4 Å². The molecule has 1 atom stereocenters. The van der Waals surface area contributed by atoms with Crippen LogP contribution in [0.2, 0.25) is 0 Å². The van der Waals surface area contributed by atoms with Crippen LogP contribution in [0.1, 0.15) is 11.6 Å². The van der Waals surface area contributed by atoms with Crippen molar-refractivity contribution in [2.45, 2.75) is 12.6 Å². The number of carbonyl (C=O) groups excluding carboxylic acids is 1. The van der Waals surface area contributed by atoms with Gasteiger partial charge in [0.1, 0.15) is 6.54 Å². The molecule has 10 nitrogen and oxygen atoms in total. The molecule has 1 aliphatic rings. The number of nitrogens with zero attached hydrogens (tertiary/aromatic N) is 6. The summed E-state index contributed by atoms with van der Waals surface area (Å²) in [5, 5.41) is 3.27. The first-order valence-electron chi connectivity index (χ1n) is 9.00. The molecular weight excluding hydrogens is 398 g/mol. The molecule has 154 valence electrons. The van der Waals surface area contributed by atoms with Crippen LogP contribution in [-0.4, -0.2) is 54.1 Å². The maximum Gasteiger partial charge on any atom is 0.332 e. The average molecular weight is 420 g/mol. The lowest BCUT2D eigenvalue weighted by atomic mass is 10.1. The van der Waals surface area contributed by atoms with E-state index in [-0.39, 0.29) is 30.9 Å². The zero-order valence-corrected chi connectivity index (χ0v) is 16.9. The van der Waals surface area contributed by atoms with Crippen LogP contribution in [-0.2, 0) is 25.4 Å². The fourth-order valence-corrected chi connectivity index (χ4v) is 3.64. The Kier molecular flexibility index (Phi) is 5.85. The van der Waals surface area contributed by atoms with Crippen LogP contribution in [0.3, 0.4) is 0 Å². The van der Waals surface area contributed by atoms with Crippen molar-refractivity contribution in [3.63, 3.8) is 0 Å². The molecule has 1 amide bonds. The molecule has 1 saturated heterocycles. The molecule has 0 aromatic carbocycles. The Bertz CT molecular complexity index is 1150. The van der Waals surface area contributed by atoms with Crippen LogP contribution in [0.25, 0.3) is 11.2 Å². The minimum atomic E-state index is -0.558. The Balaban J connectivity index is 0.00000240. The number of aromatic nitrogens is 5. The smallest absolute Gasteiger partial charge is 0.331 e. The van der Waals surface area contributed by atoms with E-state index in [1.165, 1.54) is 10.9 Å². The number of piperazine rings is 1. The third kappa shape index (κ3) is 3.56. The van der Waals surface area contributed by atoms with Gasteiger partial charge in [0.25, 0.3) is 5.56 Å². The number of amides is 1. The Morgan fingerprint density at radius 1 is 1.31 bits per heavy atom. The lowest BCUT2D eigenvalue weighted by Gasteiger charge is -2.36. The molecule has 11 heteroatoms. The minimum Gasteiger partial charge on any atom is -0.331 e. The van der Waals surface area contributed by atoms with E-state index >= 15 is 0 Å². The van der Waals surface area contributed by atoms with Gasteiger partial charge in [-0.1, -0.05) is 6.07 Å². The molecule has 0 aliphatic carbocycles. The molecule has 0 radical (unpaired) electrons. The third-order valence-corrected chi connectivity index (χ3v) is 5.13. The van der Waals surface area contributed by atoms with Gasteiger partial charge < -0.3 is 14.8 Å². The highest BCUT2D eigenvalue weighted by molar-refractivity contribution is 5.85. The highest BCUT2D eigenvalue weighted by Gasteiger charge is 2.29. The van der Waals surface area contributed by atoms with Gasteiger partial charge in [-0.3, -0.25) is 19.1 Å². The van der Waals surface area contributed by atoms with Gasteiger partial charge >= 0.3 is 5.69 Å². The summed E-state index contributed by atoms with van der Waals surface area (Å²) in [6.45, 7) is 1.41. The van der Waals surface area contributed by atoms with Gasteiger partial charge in [0.15, 0.2) is 11.2 Å². The van der Waals surface area contributed by atoms with Crippen LogP contribution >= 0.6 is 12.4 Å². The average Bonchev–Trinajstić information content (AvgIpc) is 3.12. The second kappa shape index (κ2) is 8.18. The molecule has 1 fully saturated rings. The van der Waals surface area contributed by atoms with Gasteiger partial charge in [0.2, 0.25) is 5.91 Å². The van der Waals surface area contributed by atoms with Crippen LogP contribution in [0, 0.1) is 0 Å². The first-order chi connectivity index (χ1) is 13.5. The van der Waals surface area contributed by atoms with E-state index in [0.29, 0.717) is 30.8 Å². The van der Waals surface area contributed by atoms with E-state index in [1.807, 2.05) is 12.1 Å². The SMILES string of the molecule is Cl.Cn1cnc2c1c(=O)n(CC(=O)N1CCNCC1c1cccnc1)c(=O)n2C. The Morgan fingerprint density at radius 3 is 2.83 bits per heavy atom. The molecule has 0 saturated carbocycles. The minimum absolute atomic E-state index is 0. The summed E-state index contributed by atoms with van der Waals surface area (Å²) in [4.78, 5) is 48.5. The van der Waals surface area contributed by atoms with Crippen LogP contribution < -0.4 is 16.6 Å². The number of nitrogens with one attached hydrogen (secondary N) is 1. The van der Waals surface area contributed by atoms with E-state index in [2.05, 4.69) is 15.3 Å². The van der Waals surface area contributed by atoms with Crippen LogP contribution in [0.15, 0.2) is 40.4 Å². The molecule has 1 N–H and O–H groups in total. The zero-order chi connectivity index (χ0) is 19.8. The molecule has 0 spiro atoms. The van der Waals surface area contributed by atoms with E-state index < -0.39 is 11.2 Å². The Morgan fingerprint density at radius 2 is 2.10 bits per heavy atom. The first kappa shape index (κ1) is 20.7. The second-order valence-electron chi connectivity index (χ2n) is 6.85. The summed E-state index contributed by atoms with van der Waals surface area (Å²) in [5.74, 6) is -0.281. The monoisotopic (exact) mass is 419 g/mol. The largest absolute Gasteiger partial charge is 0.332 e. The fourth-order valence-electron chi connectivity index (χ4n) is 3.64. The third-order valence-electron chi connectivity index (χ3n) is 5.13. The number of pyridine rings is 1. The normalized spacial score (nSPS) is 16.6. The van der Waals surface area contributed by atoms with Crippen molar-refractivity contribution in [2.75, 3.05) is 19.6 Å². The van der Waals surface area contributed by atoms with Gasteiger partial charge in [-0.05, 0) is 11.6 Å². The summed E-state index contributed by atoms with van der Waals surface area (Å²) in [7, 11) is 3.23. The molecule has 4 heterocycles. The summed E-state index contributed by atoms with van der Waals surface area (Å²) >= 11 is 0. The topological polar surface area (TPSA) is 107 Å². The summed E-state index contributed by atoms with van der Waals surface area (Å²) in [6.07, 6.45) is 4.88. The van der Waals surface area contributed by atoms with Crippen molar-refractivity contribution in [3.05, 3.63) is 57.3 Å². The standard InChI is InChI=1S/C18H21N7O3.ClH/c1-22-11-21-16-15(22)17(27)25(18(28)23(16)2)10-14(26)24-7-6-20-9-13(24)12-4-3-5-19-8-12;/h3-5,8,11,13,20H,6-7,9-10H2,1-2H3;1H. The lowest BCUT2D eigenvalue weighted by Crippen LogP contribution is -2.51. The van der Waals surface area contributed by atoms with Gasteiger partial charge in [-0.2, -0.15) is 0 Å². The predicted molar refractivity (Wildman–Crippen MR) is 109 cm³/mol. The maximum absolute atomic E-state index is 13.1. The van der Waals surface area contributed by atoms with E-state index in [4.69, 9.17) is 0 Å². The summed E-state index contributed by atoms with van der Waals surface area (Å²) in [5.41, 5.74) is 0.429. The summed E-state index contributed by atoms with van der Waals surface area (Å²) in [6, 6.07) is 3.54. The molecular formula is C18H22ClN7O3. The molecule has 1 unspecified atom stereocenters. The number of carbonyl (C=O) groups is 1. The van der Waals surface area contributed by atoms with Gasteiger partial charge in [0, 0.05) is 46.1 Å². The molecule has 3 aromatic rings. The van der Waals surface area contributed by atoms with Gasteiger partial charge in [0.05, 0.1) is 12.4 Å². The van der Waals surface area contributed by atoms with Crippen molar-refractivity contribution in [3.8, 4) is 0 Å². The number of hydrogen-bond donors (Lipinski definition) is 1.